The first-order valence-corrected chi connectivity index (χ1v) is 6.97. The van der Waals surface area contributed by atoms with Crippen molar-refractivity contribution in [2.45, 2.75) is 6.92 Å². The lowest BCUT2D eigenvalue weighted by atomic mass is 10.0. The molecule has 0 aliphatic heterocycles. The van der Waals surface area contributed by atoms with Crippen LogP contribution in [0.15, 0.2) is 40.8 Å². The topological polar surface area (TPSA) is 40.8 Å². The van der Waals surface area contributed by atoms with E-state index in [1.807, 2.05) is 43.3 Å². The predicted molar refractivity (Wildman–Crippen MR) is 86.0 cm³/mol. The second-order valence-corrected chi connectivity index (χ2v) is 4.96. The van der Waals surface area contributed by atoms with Crippen LogP contribution in [0.2, 0.25) is 0 Å². The number of methoxy groups -OCH3 is 3. The van der Waals surface area contributed by atoms with Crippen molar-refractivity contribution in [2.24, 2.45) is 0 Å². The molecular weight excluding hydrogens is 280 g/mol. The SMILES string of the molecule is COc1ccc(-c2c(C)oc3cc(OC)cc(OC)c23)cc1. The van der Waals surface area contributed by atoms with E-state index in [-0.39, 0.29) is 0 Å². The summed E-state index contributed by atoms with van der Waals surface area (Å²) in [6.45, 7) is 1.95. The molecule has 0 radical (unpaired) electrons. The first-order chi connectivity index (χ1) is 10.7. The lowest BCUT2D eigenvalue weighted by molar-refractivity contribution is 0.397. The minimum atomic E-state index is 0.708. The van der Waals surface area contributed by atoms with E-state index in [2.05, 4.69) is 0 Å². The number of hydrogen-bond donors (Lipinski definition) is 0. The summed E-state index contributed by atoms with van der Waals surface area (Å²) in [6, 6.07) is 11.6. The van der Waals surface area contributed by atoms with Crippen molar-refractivity contribution < 1.29 is 18.6 Å². The van der Waals surface area contributed by atoms with Crippen LogP contribution >= 0.6 is 0 Å². The van der Waals surface area contributed by atoms with E-state index in [0.717, 1.165) is 39.4 Å². The number of hydrogen-bond acceptors (Lipinski definition) is 4. The summed E-state index contributed by atoms with van der Waals surface area (Å²) in [4.78, 5) is 0. The Morgan fingerprint density at radius 3 is 2.09 bits per heavy atom. The maximum atomic E-state index is 5.90. The van der Waals surface area contributed by atoms with Gasteiger partial charge in [-0.2, -0.15) is 0 Å². The molecule has 0 unspecified atom stereocenters. The molecule has 0 bridgehead atoms. The Bertz CT molecular complexity index is 800. The zero-order valence-corrected chi connectivity index (χ0v) is 13.1. The van der Waals surface area contributed by atoms with Gasteiger partial charge < -0.3 is 18.6 Å². The third-order valence-electron chi connectivity index (χ3n) is 3.74. The highest BCUT2D eigenvalue weighted by atomic mass is 16.5. The fourth-order valence-electron chi connectivity index (χ4n) is 2.67. The summed E-state index contributed by atoms with van der Waals surface area (Å²) in [6.07, 6.45) is 0. The number of rotatable bonds is 4. The van der Waals surface area contributed by atoms with Gasteiger partial charge >= 0.3 is 0 Å². The fraction of sp³-hybridized carbons (Fsp3) is 0.222. The summed E-state index contributed by atoms with van der Waals surface area (Å²) in [5.41, 5.74) is 2.83. The number of benzene rings is 2. The molecule has 0 saturated heterocycles. The average Bonchev–Trinajstić information content (AvgIpc) is 2.89. The largest absolute Gasteiger partial charge is 0.497 e. The van der Waals surface area contributed by atoms with Crippen LogP contribution in [-0.2, 0) is 0 Å². The standard InChI is InChI=1S/C18H18O4/c1-11-17(12-5-7-13(19-2)8-6-12)18-15(21-4)9-14(20-3)10-16(18)22-11/h5-10H,1-4H3. The van der Waals surface area contributed by atoms with Crippen LogP contribution in [0, 0.1) is 6.92 Å². The molecule has 0 aliphatic carbocycles. The van der Waals surface area contributed by atoms with Gasteiger partial charge in [-0.1, -0.05) is 12.1 Å². The highest BCUT2D eigenvalue weighted by molar-refractivity contribution is 6.00. The molecule has 22 heavy (non-hydrogen) atoms. The van der Waals surface area contributed by atoms with Crippen molar-refractivity contribution in [3.63, 3.8) is 0 Å². The van der Waals surface area contributed by atoms with Crippen molar-refractivity contribution in [1.82, 2.24) is 0 Å². The van der Waals surface area contributed by atoms with Gasteiger partial charge in [0.25, 0.3) is 0 Å². The van der Waals surface area contributed by atoms with E-state index in [0.29, 0.717) is 5.75 Å². The summed E-state index contributed by atoms with van der Waals surface area (Å²) in [5, 5.41) is 0.950. The maximum Gasteiger partial charge on any atom is 0.142 e. The number of ether oxygens (including phenoxy) is 3. The number of fused-ring (bicyclic) bond motifs is 1. The lowest BCUT2D eigenvalue weighted by Crippen LogP contribution is -1.89. The van der Waals surface area contributed by atoms with Crippen molar-refractivity contribution in [3.05, 3.63) is 42.2 Å². The molecule has 0 spiro atoms. The number of aryl methyl sites for hydroxylation is 1. The quantitative estimate of drug-likeness (QED) is 0.714. The zero-order valence-electron chi connectivity index (χ0n) is 13.1. The first-order valence-electron chi connectivity index (χ1n) is 6.97. The highest BCUT2D eigenvalue weighted by Crippen LogP contribution is 2.42. The monoisotopic (exact) mass is 298 g/mol. The predicted octanol–water partition coefficient (Wildman–Crippen LogP) is 4.43. The van der Waals surface area contributed by atoms with Crippen molar-refractivity contribution >= 4 is 11.0 Å². The van der Waals surface area contributed by atoms with Gasteiger partial charge in [0.15, 0.2) is 0 Å². The highest BCUT2D eigenvalue weighted by Gasteiger charge is 2.18. The molecule has 3 rings (SSSR count). The van der Waals surface area contributed by atoms with Crippen LogP contribution in [-0.4, -0.2) is 21.3 Å². The van der Waals surface area contributed by atoms with Gasteiger partial charge in [0, 0.05) is 17.7 Å². The van der Waals surface area contributed by atoms with Gasteiger partial charge in [0.1, 0.15) is 28.6 Å². The molecule has 2 aromatic carbocycles. The van der Waals surface area contributed by atoms with Crippen LogP contribution in [0.1, 0.15) is 5.76 Å². The Morgan fingerprint density at radius 2 is 1.50 bits per heavy atom. The Balaban J connectivity index is 2.26. The fourth-order valence-corrected chi connectivity index (χ4v) is 2.67. The van der Waals surface area contributed by atoms with Gasteiger partial charge in [-0.05, 0) is 24.6 Å². The lowest BCUT2D eigenvalue weighted by Gasteiger charge is -2.08. The van der Waals surface area contributed by atoms with E-state index >= 15 is 0 Å². The smallest absolute Gasteiger partial charge is 0.142 e. The Labute approximate surface area is 129 Å². The molecule has 0 N–H and O–H groups in total. The molecule has 114 valence electrons. The molecule has 0 aliphatic rings. The summed E-state index contributed by atoms with van der Waals surface area (Å²) in [5.74, 6) is 3.10. The Morgan fingerprint density at radius 1 is 0.818 bits per heavy atom. The summed E-state index contributed by atoms with van der Waals surface area (Å²) < 4.78 is 21.9. The van der Waals surface area contributed by atoms with Crippen LogP contribution < -0.4 is 14.2 Å². The van der Waals surface area contributed by atoms with E-state index in [1.165, 1.54) is 0 Å². The van der Waals surface area contributed by atoms with E-state index in [9.17, 15) is 0 Å². The third-order valence-corrected chi connectivity index (χ3v) is 3.74. The van der Waals surface area contributed by atoms with Gasteiger partial charge in [-0.3, -0.25) is 0 Å². The normalized spacial score (nSPS) is 10.7. The van der Waals surface area contributed by atoms with Gasteiger partial charge in [0.05, 0.1) is 26.7 Å². The molecule has 0 atom stereocenters. The number of furan rings is 1. The summed E-state index contributed by atoms with van der Waals surface area (Å²) in [7, 11) is 4.93. The van der Waals surface area contributed by atoms with Gasteiger partial charge in [-0.25, -0.2) is 0 Å². The van der Waals surface area contributed by atoms with Crippen LogP contribution in [0.3, 0.4) is 0 Å². The minimum absolute atomic E-state index is 0.708. The zero-order chi connectivity index (χ0) is 15.7. The maximum absolute atomic E-state index is 5.90. The minimum Gasteiger partial charge on any atom is -0.497 e. The van der Waals surface area contributed by atoms with Crippen LogP contribution in [0.4, 0.5) is 0 Å². The van der Waals surface area contributed by atoms with E-state index in [4.69, 9.17) is 18.6 Å². The Hall–Kier alpha value is -2.62. The van der Waals surface area contributed by atoms with E-state index < -0.39 is 0 Å². The molecule has 0 fully saturated rings. The molecule has 3 aromatic rings. The van der Waals surface area contributed by atoms with Crippen molar-refractivity contribution in [3.8, 4) is 28.4 Å². The molecule has 0 amide bonds. The molecule has 1 aromatic heterocycles. The van der Waals surface area contributed by atoms with Gasteiger partial charge in [-0.15, -0.1) is 0 Å². The molecule has 4 heteroatoms. The molecule has 4 nitrogen and oxygen atoms in total. The average molecular weight is 298 g/mol. The Kier molecular flexibility index (Phi) is 3.67. The molecule has 1 heterocycles. The van der Waals surface area contributed by atoms with Crippen molar-refractivity contribution in [2.75, 3.05) is 21.3 Å². The second-order valence-electron chi connectivity index (χ2n) is 4.96. The van der Waals surface area contributed by atoms with Crippen LogP contribution in [0.25, 0.3) is 22.1 Å². The summed E-state index contributed by atoms with van der Waals surface area (Å²) >= 11 is 0. The first kappa shape index (κ1) is 14.3. The van der Waals surface area contributed by atoms with Gasteiger partial charge in [0.2, 0.25) is 0 Å². The van der Waals surface area contributed by atoms with Crippen LogP contribution in [0.5, 0.6) is 17.2 Å². The van der Waals surface area contributed by atoms with Crippen molar-refractivity contribution in [1.29, 1.82) is 0 Å². The third kappa shape index (κ3) is 2.26. The van der Waals surface area contributed by atoms with E-state index in [1.54, 1.807) is 21.3 Å². The molecule has 0 saturated carbocycles. The molecular formula is C18H18O4. The second kappa shape index (κ2) is 5.64.